The first-order valence-electron chi connectivity index (χ1n) is 11.7. The van der Waals surface area contributed by atoms with Crippen molar-refractivity contribution in [1.82, 2.24) is 0 Å². The molecular formula is C27H42ClNO4. The van der Waals surface area contributed by atoms with Gasteiger partial charge in [0.15, 0.2) is 12.1 Å². The van der Waals surface area contributed by atoms with Crippen molar-refractivity contribution in [1.29, 1.82) is 0 Å². The van der Waals surface area contributed by atoms with E-state index in [0.717, 1.165) is 18.6 Å². The molecule has 0 N–H and O–H groups in total. The van der Waals surface area contributed by atoms with Gasteiger partial charge in [-0.2, -0.15) is 9.68 Å². The molecule has 0 radical (unpaired) electrons. The highest BCUT2D eigenvalue weighted by molar-refractivity contribution is 5.23. The van der Waals surface area contributed by atoms with Gasteiger partial charge in [-0.25, -0.2) is 0 Å². The summed E-state index contributed by atoms with van der Waals surface area (Å²) in [6, 6.07) is 20.5. The Kier molecular flexibility index (Phi) is 13.0. The summed E-state index contributed by atoms with van der Waals surface area (Å²) in [5.41, 5.74) is 0.885. The van der Waals surface area contributed by atoms with Crippen LogP contribution in [0, 0.1) is 11.8 Å². The van der Waals surface area contributed by atoms with Crippen molar-refractivity contribution < 1.29 is 36.4 Å². The van der Waals surface area contributed by atoms with Gasteiger partial charge in [-0.15, -0.1) is 0 Å². The van der Waals surface area contributed by atoms with Crippen molar-refractivity contribution in [2.45, 2.75) is 46.1 Å². The van der Waals surface area contributed by atoms with Crippen LogP contribution in [-0.4, -0.2) is 45.4 Å². The minimum atomic E-state index is -0.350. The number of halogens is 1. The largest absolute Gasteiger partial charge is 1.00 e. The van der Waals surface area contributed by atoms with Crippen LogP contribution in [0.5, 0.6) is 5.75 Å². The molecule has 5 nitrogen and oxygen atoms in total. The zero-order valence-corrected chi connectivity index (χ0v) is 21.9. The number of benzene rings is 2. The Hall–Kier alpha value is -1.63. The Morgan fingerprint density at radius 2 is 1.24 bits per heavy atom. The number of ether oxygens (including phenoxy) is 2. The molecule has 0 saturated carbocycles. The lowest BCUT2D eigenvalue weighted by atomic mass is 9.76. The predicted molar refractivity (Wildman–Crippen MR) is 129 cm³/mol. The van der Waals surface area contributed by atoms with Crippen molar-refractivity contribution in [2.75, 3.05) is 40.6 Å². The minimum Gasteiger partial charge on any atom is -1.00 e. The van der Waals surface area contributed by atoms with E-state index in [1.807, 2.05) is 30.3 Å². The molecule has 0 unspecified atom stereocenters. The van der Waals surface area contributed by atoms with Crippen molar-refractivity contribution >= 4 is 0 Å². The highest BCUT2D eigenvalue weighted by atomic mass is 35.5. The molecule has 0 amide bonds. The molecule has 0 bridgehead atoms. The first kappa shape index (κ1) is 29.4. The van der Waals surface area contributed by atoms with E-state index in [1.54, 1.807) is 14.2 Å². The SMILES string of the molecule is CO[N+](CCOCCOc1ccccc1)(OC)C(CC(C)C)(CC(C)C)c1ccccc1.[Cl-]. The number of hydrogen-bond acceptors (Lipinski definition) is 4. The zero-order chi connectivity index (χ0) is 23.5. The quantitative estimate of drug-likeness (QED) is 0.223. The number of hydroxylamine groups is 4. The Morgan fingerprint density at radius 3 is 1.73 bits per heavy atom. The molecule has 0 aromatic heterocycles. The molecule has 6 heteroatoms. The highest BCUT2D eigenvalue weighted by Gasteiger charge is 2.56. The second kappa shape index (κ2) is 14.6. The third-order valence-corrected chi connectivity index (χ3v) is 5.81. The average molecular weight is 480 g/mol. The van der Waals surface area contributed by atoms with Crippen LogP contribution in [0.2, 0.25) is 0 Å². The molecule has 0 aliphatic rings. The standard InChI is InChI=1S/C27H42NO4.ClH/c1-23(2)21-27(22-24(3)4,25-13-9-7-10-14-25)28(29-5,30-6)17-18-31-19-20-32-26-15-11-8-12-16-26;/h7-16,23-24H,17-22H2,1-6H3;1H/q+1;/p-1. The number of quaternary nitrogens is 1. The summed E-state index contributed by atoms with van der Waals surface area (Å²) in [5.74, 6) is 1.79. The fraction of sp³-hybridized carbons (Fsp3) is 0.556. The van der Waals surface area contributed by atoms with E-state index in [1.165, 1.54) is 5.56 Å². The van der Waals surface area contributed by atoms with E-state index in [2.05, 4.69) is 58.0 Å². The summed E-state index contributed by atoms with van der Waals surface area (Å²) in [5, 5.41) is 0. The van der Waals surface area contributed by atoms with Crippen LogP contribution in [0.4, 0.5) is 0 Å². The first-order valence-corrected chi connectivity index (χ1v) is 11.7. The number of nitrogens with zero attached hydrogens (tertiary/aromatic N) is 1. The van der Waals surface area contributed by atoms with Gasteiger partial charge >= 0.3 is 0 Å². The van der Waals surface area contributed by atoms with Gasteiger partial charge in [0, 0.05) is 18.4 Å². The summed E-state index contributed by atoms with van der Waals surface area (Å²) in [4.78, 5) is 12.4. The Bertz CT molecular complexity index is 741. The van der Waals surface area contributed by atoms with Gasteiger partial charge in [-0.1, -0.05) is 76.2 Å². The number of hydrogen-bond donors (Lipinski definition) is 0. The molecule has 0 saturated heterocycles. The minimum absolute atomic E-state index is 0. The van der Waals surface area contributed by atoms with Crippen molar-refractivity contribution in [2.24, 2.45) is 11.8 Å². The fourth-order valence-corrected chi connectivity index (χ4v) is 4.74. The van der Waals surface area contributed by atoms with Crippen molar-refractivity contribution in [3.63, 3.8) is 0 Å². The number of rotatable bonds is 15. The maximum atomic E-state index is 6.19. The molecule has 2 aromatic carbocycles. The number of para-hydroxylation sites is 1. The Labute approximate surface area is 206 Å². The van der Waals surface area contributed by atoms with Crippen LogP contribution < -0.4 is 17.1 Å². The van der Waals surface area contributed by atoms with E-state index >= 15 is 0 Å². The van der Waals surface area contributed by atoms with Crippen LogP contribution in [0.15, 0.2) is 60.7 Å². The van der Waals surface area contributed by atoms with Crippen molar-refractivity contribution in [3.05, 3.63) is 66.2 Å². The van der Waals surface area contributed by atoms with E-state index in [0.29, 0.717) is 38.2 Å². The third-order valence-electron chi connectivity index (χ3n) is 5.81. The van der Waals surface area contributed by atoms with Crippen LogP contribution in [0.25, 0.3) is 0 Å². The van der Waals surface area contributed by atoms with Crippen molar-refractivity contribution in [3.8, 4) is 5.75 Å². The molecule has 2 aromatic rings. The molecule has 0 heterocycles. The molecule has 0 spiro atoms. The second-order valence-corrected chi connectivity index (χ2v) is 9.13. The maximum Gasteiger partial charge on any atom is 0.188 e. The molecule has 33 heavy (non-hydrogen) atoms. The third kappa shape index (κ3) is 7.97. The van der Waals surface area contributed by atoms with E-state index in [9.17, 15) is 0 Å². The van der Waals surface area contributed by atoms with E-state index in [-0.39, 0.29) is 22.8 Å². The summed E-state index contributed by atoms with van der Waals surface area (Å²) >= 11 is 0. The molecule has 0 aliphatic carbocycles. The molecule has 2 rings (SSSR count). The van der Waals surface area contributed by atoms with Gasteiger partial charge in [0.2, 0.25) is 0 Å². The Morgan fingerprint density at radius 1 is 0.727 bits per heavy atom. The second-order valence-electron chi connectivity index (χ2n) is 9.13. The summed E-state index contributed by atoms with van der Waals surface area (Å²) < 4.78 is 11.7. The normalized spacial score (nSPS) is 12.1. The van der Waals surface area contributed by atoms with Gasteiger partial charge in [-0.3, -0.25) is 0 Å². The van der Waals surface area contributed by atoms with Crippen LogP contribution >= 0.6 is 0 Å². The molecule has 0 atom stereocenters. The van der Waals surface area contributed by atoms with E-state index < -0.39 is 0 Å². The topological polar surface area (TPSA) is 36.9 Å². The van der Waals surface area contributed by atoms with Gasteiger partial charge < -0.3 is 21.9 Å². The van der Waals surface area contributed by atoms with E-state index in [4.69, 9.17) is 19.1 Å². The monoisotopic (exact) mass is 479 g/mol. The lowest BCUT2D eigenvalue weighted by Crippen LogP contribution is -3.00. The molecular weight excluding hydrogens is 438 g/mol. The highest BCUT2D eigenvalue weighted by Crippen LogP contribution is 2.46. The summed E-state index contributed by atoms with van der Waals surface area (Å²) in [6.45, 7) is 11.1. The predicted octanol–water partition coefficient (Wildman–Crippen LogP) is 3.01. The average Bonchev–Trinajstić information content (AvgIpc) is 2.79. The van der Waals surface area contributed by atoms with Crippen LogP contribution in [0.1, 0.15) is 46.1 Å². The fourth-order valence-electron chi connectivity index (χ4n) is 4.74. The first-order chi connectivity index (χ1) is 15.4. The summed E-state index contributed by atoms with van der Waals surface area (Å²) in [7, 11) is 3.47. The smallest absolute Gasteiger partial charge is 0.188 e. The van der Waals surface area contributed by atoms with Crippen LogP contribution in [0.3, 0.4) is 0 Å². The Balaban J connectivity index is 0.00000544. The molecule has 0 aliphatic heterocycles. The van der Waals surface area contributed by atoms with Crippen LogP contribution in [-0.2, 0) is 20.0 Å². The lowest BCUT2D eigenvalue weighted by molar-refractivity contribution is -1.28. The zero-order valence-electron chi connectivity index (χ0n) is 21.1. The molecule has 0 fully saturated rings. The van der Waals surface area contributed by atoms with Gasteiger partial charge in [0.1, 0.15) is 19.0 Å². The van der Waals surface area contributed by atoms with Gasteiger partial charge in [0.25, 0.3) is 0 Å². The maximum absolute atomic E-state index is 6.19. The molecule has 186 valence electrons. The van der Waals surface area contributed by atoms with Gasteiger partial charge in [0.05, 0.1) is 20.8 Å². The lowest BCUT2D eigenvalue weighted by Gasteiger charge is -2.48. The van der Waals surface area contributed by atoms with Gasteiger partial charge in [-0.05, 0) is 28.8 Å². The summed E-state index contributed by atoms with van der Waals surface area (Å²) in [6.07, 6.45) is 1.88.